The number of likely N-dealkylation sites (N-methyl/N-ethyl adjacent to an activating group) is 1. The van der Waals surface area contributed by atoms with E-state index in [1.54, 1.807) is 31.2 Å². The molecule has 8 nitrogen and oxygen atoms in total. The average Bonchev–Trinajstić information content (AvgIpc) is 2.96. The molecule has 0 bridgehead atoms. The molecule has 11 heteroatoms. The largest absolute Gasteiger partial charge is 0.357 e. The number of nitrogens with one attached hydrogen (secondary N) is 1. The van der Waals surface area contributed by atoms with Gasteiger partial charge < -0.3 is 10.2 Å². The van der Waals surface area contributed by atoms with Gasteiger partial charge in [-0.3, -0.25) is 14.4 Å². The van der Waals surface area contributed by atoms with Crippen LogP contribution in [0, 0.1) is 0 Å². The molecular weight excluding hydrogens is 477 g/mol. The minimum absolute atomic E-state index is 0.00896. The lowest BCUT2D eigenvalue weighted by Crippen LogP contribution is -2.51. The number of nitrogens with zero attached hydrogens (tertiary/aromatic N) is 2. The molecule has 2 aromatic rings. The van der Waals surface area contributed by atoms with Crippen molar-refractivity contribution >= 4 is 50.9 Å². The molecule has 3 amide bonds. The maximum absolute atomic E-state index is 13.3. The molecule has 1 heterocycles. The fourth-order valence-electron chi connectivity index (χ4n) is 3.52. The molecule has 0 aromatic heterocycles. The molecule has 0 radical (unpaired) electrons. The number of hydrogen-bond acceptors (Lipinski definition) is 5. The van der Waals surface area contributed by atoms with Crippen LogP contribution < -0.4 is 5.32 Å². The fraction of sp³-hybridized carbons (Fsp3) is 0.286. The molecule has 0 fully saturated rings. The van der Waals surface area contributed by atoms with Gasteiger partial charge in [0, 0.05) is 13.6 Å². The van der Waals surface area contributed by atoms with Gasteiger partial charge in [0.25, 0.3) is 15.9 Å². The van der Waals surface area contributed by atoms with Crippen molar-refractivity contribution in [2.24, 2.45) is 0 Å². The summed E-state index contributed by atoms with van der Waals surface area (Å²) in [5.41, 5.74) is 0.601. The van der Waals surface area contributed by atoms with Gasteiger partial charge in [-0.25, -0.2) is 12.7 Å². The van der Waals surface area contributed by atoms with E-state index in [1.165, 1.54) is 30.1 Å². The Labute approximate surface area is 196 Å². The van der Waals surface area contributed by atoms with E-state index in [4.69, 9.17) is 23.2 Å². The zero-order valence-electron chi connectivity index (χ0n) is 17.3. The fourth-order valence-corrected chi connectivity index (χ4v) is 5.36. The Morgan fingerprint density at radius 2 is 1.81 bits per heavy atom. The van der Waals surface area contributed by atoms with Gasteiger partial charge in [-0.05, 0) is 36.2 Å². The van der Waals surface area contributed by atoms with Crippen LogP contribution >= 0.6 is 23.2 Å². The maximum Gasteiger partial charge on any atom is 0.269 e. The predicted octanol–water partition coefficient (Wildman–Crippen LogP) is 2.69. The summed E-state index contributed by atoms with van der Waals surface area (Å²) < 4.78 is 26.2. The number of halogens is 2. The molecule has 3 rings (SSSR count). The van der Waals surface area contributed by atoms with E-state index in [0.717, 1.165) is 0 Å². The monoisotopic (exact) mass is 497 g/mol. The van der Waals surface area contributed by atoms with Crippen LogP contribution in [-0.2, 0) is 26.2 Å². The number of sulfonamides is 1. The molecule has 32 heavy (non-hydrogen) atoms. The molecule has 0 saturated carbocycles. The third-order valence-electron chi connectivity index (χ3n) is 5.16. The quantitative estimate of drug-likeness (QED) is 0.633. The lowest BCUT2D eigenvalue weighted by atomic mass is 10.1. The van der Waals surface area contributed by atoms with Crippen molar-refractivity contribution in [1.29, 1.82) is 0 Å². The number of rotatable bonds is 7. The summed E-state index contributed by atoms with van der Waals surface area (Å²) in [5, 5.41) is 3.12. The number of hydrogen-bond donors (Lipinski definition) is 1. The van der Waals surface area contributed by atoms with Gasteiger partial charge in [0.15, 0.2) is 0 Å². The van der Waals surface area contributed by atoms with Crippen molar-refractivity contribution in [1.82, 2.24) is 14.5 Å². The smallest absolute Gasteiger partial charge is 0.269 e. The Balaban J connectivity index is 1.94. The van der Waals surface area contributed by atoms with Crippen molar-refractivity contribution in [3.05, 3.63) is 63.6 Å². The number of amides is 3. The van der Waals surface area contributed by atoms with Crippen LogP contribution in [0.25, 0.3) is 0 Å². The Bertz CT molecular complexity index is 1190. The van der Waals surface area contributed by atoms with Crippen LogP contribution in [0.1, 0.15) is 29.3 Å². The number of fused-ring (bicyclic) bond motifs is 1. The molecule has 0 unspecified atom stereocenters. The molecule has 1 aliphatic heterocycles. The summed E-state index contributed by atoms with van der Waals surface area (Å²) in [7, 11) is -2.73. The van der Waals surface area contributed by atoms with E-state index >= 15 is 0 Å². The first-order valence-corrected chi connectivity index (χ1v) is 11.9. The van der Waals surface area contributed by atoms with Gasteiger partial charge in [0.05, 0.1) is 15.6 Å². The normalized spacial score (nSPS) is 15.2. The third-order valence-corrected chi connectivity index (χ3v) is 7.69. The van der Waals surface area contributed by atoms with Gasteiger partial charge in [-0.15, -0.1) is 0 Å². The highest BCUT2D eigenvalue weighted by atomic mass is 35.5. The minimum atomic E-state index is -4.17. The molecule has 1 atom stereocenters. The van der Waals surface area contributed by atoms with E-state index in [1.807, 2.05) is 0 Å². The topological polar surface area (TPSA) is 104 Å². The molecule has 170 valence electrons. The average molecular weight is 498 g/mol. The van der Waals surface area contributed by atoms with Crippen molar-refractivity contribution in [3.63, 3.8) is 0 Å². The van der Waals surface area contributed by atoms with Crippen LogP contribution in [0.5, 0.6) is 0 Å². The number of carbonyl (C=O) groups excluding carboxylic acids is 3. The van der Waals surface area contributed by atoms with Crippen LogP contribution in [0.15, 0.2) is 47.4 Å². The second kappa shape index (κ2) is 9.48. The highest BCUT2D eigenvalue weighted by Crippen LogP contribution is 2.30. The van der Waals surface area contributed by atoms with Gasteiger partial charge in [0.2, 0.25) is 11.8 Å². The second-order valence-corrected chi connectivity index (χ2v) is 9.77. The highest BCUT2D eigenvalue weighted by Gasteiger charge is 2.43. The van der Waals surface area contributed by atoms with E-state index in [0.29, 0.717) is 14.9 Å². The van der Waals surface area contributed by atoms with Crippen molar-refractivity contribution in [2.75, 3.05) is 13.6 Å². The zero-order valence-corrected chi connectivity index (χ0v) is 19.7. The second-order valence-electron chi connectivity index (χ2n) is 7.12. The molecule has 0 spiro atoms. The lowest BCUT2D eigenvalue weighted by Gasteiger charge is -2.31. The summed E-state index contributed by atoms with van der Waals surface area (Å²) in [6, 6.07) is 9.66. The van der Waals surface area contributed by atoms with Gasteiger partial charge in [0.1, 0.15) is 17.5 Å². The van der Waals surface area contributed by atoms with Gasteiger partial charge in [-0.2, -0.15) is 0 Å². The van der Waals surface area contributed by atoms with Gasteiger partial charge in [-0.1, -0.05) is 48.3 Å². The molecule has 1 aliphatic rings. The first-order chi connectivity index (χ1) is 15.1. The standard InChI is InChI=1S/C21H21Cl2N3O5S/c1-3-17(20(28)24-2)25(11-13-8-9-15(22)16(23)10-13)19(27)12-26-21(29)14-6-4-5-7-18(14)32(26,30)31/h4-10,17H,3,11-12H2,1-2H3,(H,24,28)/t17-/m0/s1. The van der Waals surface area contributed by atoms with Crippen molar-refractivity contribution in [2.45, 2.75) is 30.8 Å². The van der Waals surface area contributed by atoms with Crippen LogP contribution in [0.3, 0.4) is 0 Å². The predicted molar refractivity (Wildman–Crippen MR) is 120 cm³/mol. The summed E-state index contributed by atoms with van der Waals surface area (Å²) in [6.07, 6.45) is 0.271. The van der Waals surface area contributed by atoms with E-state index in [-0.39, 0.29) is 28.4 Å². The maximum atomic E-state index is 13.3. The Hall–Kier alpha value is -2.62. The summed E-state index contributed by atoms with van der Waals surface area (Å²) >= 11 is 12.0. The molecular formula is C21H21Cl2N3O5S. The van der Waals surface area contributed by atoms with Crippen LogP contribution in [0.2, 0.25) is 10.0 Å². The lowest BCUT2D eigenvalue weighted by molar-refractivity contribution is -0.141. The highest BCUT2D eigenvalue weighted by molar-refractivity contribution is 7.90. The van der Waals surface area contributed by atoms with E-state index in [2.05, 4.69) is 5.32 Å². The Morgan fingerprint density at radius 3 is 2.41 bits per heavy atom. The molecule has 2 aromatic carbocycles. The van der Waals surface area contributed by atoms with Crippen LogP contribution in [0.4, 0.5) is 0 Å². The van der Waals surface area contributed by atoms with E-state index in [9.17, 15) is 22.8 Å². The minimum Gasteiger partial charge on any atom is -0.357 e. The van der Waals surface area contributed by atoms with Crippen LogP contribution in [-0.4, -0.2) is 55.0 Å². The first kappa shape index (κ1) is 24.0. The first-order valence-electron chi connectivity index (χ1n) is 9.72. The summed E-state index contributed by atoms with van der Waals surface area (Å²) in [5.74, 6) is -1.90. The SMILES string of the molecule is CC[C@@H](C(=O)NC)N(Cc1ccc(Cl)c(Cl)c1)C(=O)CN1C(=O)c2ccccc2S1(=O)=O. The number of carbonyl (C=O) groups is 3. The summed E-state index contributed by atoms with van der Waals surface area (Å²) in [6.45, 7) is 0.962. The molecule has 0 aliphatic carbocycles. The zero-order chi connectivity index (χ0) is 23.6. The summed E-state index contributed by atoms with van der Waals surface area (Å²) in [4.78, 5) is 39.5. The molecule has 0 saturated heterocycles. The van der Waals surface area contributed by atoms with Crippen molar-refractivity contribution < 1.29 is 22.8 Å². The third kappa shape index (κ3) is 4.46. The van der Waals surface area contributed by atoms with E-state index < -0.39 is 40.3 Å². The number of benzene rings is 2. The molecule has 1 N–H and O–H groups in total. The Kier molecular flexibility index (Phi) is 7.12. The van der Waals surface area contributed by atoms with Gasteiger partial charge >= 0.3 is 0 Å². The Morgan fingerprint density at radius 1 is 1.12 bits per heavy atom. The van der Waals surface area contributed by atoms with Crippen molar-refractivity contribution in [3.8, 4) is 0 Å².